The summed E-state index contributed by atoms with van der Waals surface area (Å²) in [5, 5.41) is 9.57. The van der Waals surface area contributed by atoms with Crippen molar-refractivity contribution in [2.75, 3.05) is 11.1 Å². The maximum absolute atomic E-state index is 5.58. The summed E-state index contributed by atoms with van der Waals surface area (Å²) in [6.07, 6.45) is 3.31. The van der Waals surface area contributed by atoms with E-state index in [1.165, 1.54) is 0 Å². The van der Waals surface area contributed by atoms with E-state index in [1.807, 2.05) is 6.07 Å². The topological polar surface area (TPSA) is 79.6 Å². The molecule has 0 aromatic carbocycles. The fraction of sp³-hybridized carbons (Fsp3) is 0. The van der Waals surface area contributed by atoms with Gasteiger partial charge < -0.3 is 11.1 Å². The highest BCUT2D eigenvalue weighted by Crippen LogP contribution is 2.12. The predicted molar refractivity (Wildman–Crippen MR) is 50.5 cm³/mol. The van der Waals surface area contributed by atoms with Crippen LogP contribution in [-0.4, -0.2) is 15.2 Å². The number of nitrogen functional groups attached to an aromatic ring is 1. The lowest BCUT2D eigenvalue weighted by Crippen LogP contribution is -1.95. The second kappa shape index (κ2) is 3.14. The number of aromatic nitrogens is 3. The van der Waals surface area contributed by atoms with Gasteiger partial charge in [0.05, 0.1) is 6.20 Å². The van der Waals surface area contributed by atoms with E-state index in [0.717, 1.165) is 5.82 Å². The molecule has 2 aromatic heterocycles. The van der Waals surface area contributed by atoms with Gasteiger partial charge in [-0.2, -0.15) is 5.10 Å². The van der Waals surface area contributed by atoms with Crippen molar-refractivity contribution < 1.29 is 0 Å². The third-order valence-corrected chi connectivity index (χ3v) is 1.55. The number of nitrogens with zero attached hydrogens (tertiary/aromatic N) is 2. The van der Waals surface area contributed by atoms with Gasteiger partial charge in [-0.25, -0.2) is 4.98 Å². The molecule has 0 fully saturated rings. The first-order chi connectivity index (χ1) is 6.34. The molecule has 66 valence electrons. The van der Waals surface area contributed by atoms with Gasteiger partial charge in [0, 0.05) is 24.0 Å². The standard InChI is InChI=1S/C8H9N5/c9-6-1-3-10-8(5-6)12-7-2-4-11-13-7/h1-5H,(H4,9,10,11,12,13). The summed E-state index contributed by atoms with van der Waals surface area (Å²) in [5.41, 5.74) is 6.26. The molecule has 2 heterocycles. The van der Waals surface area contributed by atoms with Crippen molar-refractivity contribution in [3.8, 4) is 0 Å². The van der Waals surface area contributed by atoms with Crippen LogP contribution in [0.2, 0.25) is 0 Å². The van der Waals surface area contributed by atoms with Gasteiger partial charge in [-0.15, -0.1) is 0 Å². The molecular weight excluding hydrogens is 166 g/mol. The van der Waals surface area contributed by atoms with Crippen molar-refractivity contribution >= 4 is 17.3 Å². The first-order valence-electron chi connectivity index (χ1n) is 3.82. The first-order valence-corrected chi connectivity index (χ1v) is 3.82. The minimum Gasteiger partial charge on any atom is -0.399 e. The SMILES string of the molecule is Nc1ccnc(Nc2ccn[nH]2)c1. The Hall–Kier alpha value is -2.04. The van der Waals surface area contributed by atoms with Crippen LogP contribution in [0.4, 0.5) is 17.3 Å². The van der Waals surface area contributed by atoms with Crippen LogP contribution in [0.3, 0.4) is 0 Å². The fourth-order valence-corrected chi connectivity index (χ4v) is 0.979. The molecule has 0 aliphatic carbocycles. The average Bonchev–Trinajstić information content (AvgIpc) is 2.57. The van der Waals surface area contributed by atoms with Gasteiger partial charge in [0.2, 0.25) is 0 Å². The number of hydrogen-bond acceptors (Lipinski definition) is 4. The van der Waals surface area contributed by atoms with Crippen molar-refractivity contribution in [3.05, 3.63) is 30.6 Å². The van der Waals surface area contributed by atoms with Crippen LogP contribution in [0.5, 0.6) is 0 Å². The third-order valence-electron chi connectivity index (χ3n) is 1.55. The van der Waals surface area contributed by atoms with Crippen LogP contribution >= 0.6 is 0 Å². The zero-order valence-corrected chi connectivity index (χ0v) is 6.86. The van der Waals surface area contributed by atoms with E-state index < -0.39 is 0 Å². The molecule has 0 saturated carbocycles. The molecule has 2 rings (SSSR count). The van der Waals surface area contributed by atoms with E-state index in [4.69, 9.17) is 5.73 Å². The molecule has 0 aliphatic heterocycles. The van der Waals surface area contributed by atoms with Crippen LogP contribution in [0.25, 0.3) is 0 Å². The maximum Gasteiger partial charge on any atom is 0.133 e. The maximum atomic E-state index is 5.58. The largest absolute Gasteiger partial charge is 0.399 e. The van der Waals surface area contributed by atoms with Crippen LogP contribution in [0.15, 0.2) is 30.6 Å². The Morgan fingerprint density at radius 3 is 2.92 bits per heavy atom. The molecule has 0 unspecified atom stereocenters. The van der Waals surface area contributed by atoms with Crippen molar-refractivity contribution in [1.29, 1.82) is 0 Å². The quantitative estimate of drug-likeness (QED) is 0.639. The Morgan fingerprint density at radius 2 is 2.23 bits per heavy atom. The van der Waals surface area contributed by atoms with Gasteiger partial charge in [0.1, 0.15) is 11.6 Å². The van der Waals surface area contributed by atoms with Gasteiger partial charge >= 0.3 is 0 Å². The number of aromatic amines is 1. The van der Waals surface area contributed by atoms with E-state index in [2.05, 4.69) is 20.5 Å². The number of pyridine rings is 1. The summed E-state index contributed by atoms with van der Waals surface area (Å²) in [5.74, 6) is 1.49. The number of anilines is 3. The molecule has 2 aromatic rings. The summed E-state index contributed by atoms with van der Waals surface area (Å²) in [7, 11) is 0. The normalized spacial score (nSPS) is 9.85. The highest BCUT2D eigenvalue weighted by molar-refractivity contribution is 5.55. The molecular formula is C8H9N5. The monoisotopic (exact) mass is 175 g/mol. The van der Waals surface area contributed by atoms with E-state index in [0.29, 0.717) is 11.5 Å². The van der Waals surface area contributed by atoms with Gasteiger partial charge in [0.25, 0.3) is 0 Å². The molecule has 4 N–H and O–H groups in total. The van der Waals surface area contributed by atoms with Crippen LogP contribution in [0, 0.1) is 0 Å². The Bertz CT molecular complexity index is 381. The minimum atomic E-state index is 0.678. The second-order valence-electron chi connectivity index (χ2n) is 2.57. The summed E-state index contributed by atoms with van der Waals surface area (Å²) < 4.78 is 0. The molecule has 0 radical (unpaired) electrons. The molecule has 0 bridgehead atoms. The highest BCUT2D eigenvalue weighted by Gasteiger charge is 1.95. The zero-order valence-electron chi connectivity index (χ0n) is 6.86. The lowest BCUT2D eigenvalue weighted by Gasteiger charge is -2.01. The Morgan fingerprint density at radius 1 is 1.31 bits per heavy atom. The smallest absolute Gasteiger partial charge is 0.133 e. The van der Waals surface area contributed by atoms with E-state index in [9.17, 15) is 0 Å². The van der Waals surface area contributed by atoms with E-state index in [-0.39, 0.29) is 0 Å². The number of nitrogens with two attached hydrogens (primary N) is 1. The van der Waals surface area contributed by atoms with Crippen molar-refractivity contribution in [3.63, 3.8) is 0 Å². The lowest BCUT2D eigenvalue weighted by atomic mass is 10.4. The Kier molecular flexibility index (Phi) is 1.84. The summed E-state index contributed by atoms with van der Waals surface area (Å²) >= 11 is 0. The van der Waals surface area contributed by atoms with Crippen LogP contribution in [0.1, 0.15) is 0 Å². The number of rotatable bonds is 2. The Balaban J connectivity index is 2.19. The molecule has 0 atom stereocenters. The fourth-order valence-electron chi connectivity index (χ4n) is 0.979. The first kappa shape index (κ1) is 7.60. The molecule has 5 nitrogen and oxygen atoms in total. The van der Waals surface area contributed by atoms with Gasteiger partial charge in [-0.05, 0) is 6.07 Å². The molecule has 0 aliphatic rings. The van der Waals surface area contributed by atoms with Crippen molar-refractivity contribution in [1.82, 2.24) is 15.2 Å². The van der Waals surface area contributed by atoms with Crippen LogP contribution < -0.4 is 11.1 Å². The summed E-state index contributed by atoms with van der Waals surface area (Å²) in [6.45, 7) is 0. The average molecular weight is 175 g/mol. The molecule has 0 spiro atoms. The predicted octanol–water partition coefficient (Wildman–Crippen LogP) is 1.13. The van der Waals surface area contributed by atoms with Gasteiger partial charge in [0.15, 0.2) is 0 Å². The molecule has 5 heteroatoms. The Labute approximate surface area is 75.0 Å². The van der Waals surface area contributed by atoms with Crippen molar-refractivity contribution in [2.45, 2.75) is 0 Å². The molecule has 0 amide bonds. The summed E-state index contributed by atoms with van der Waals surface area (Å²) in [4.78, 5) is 4.08. The number of H-pyrrole nitrogens is 1. The van der Waals surface area contributed by atoms with Crippen LogP contribution in [-0.2, 0) is 0 Å². The zero-order chi connectivity index (χ0) is 9.10. The third kappa shape index (κ3) is 1.76. The van der Waals surface area contributed by atoms with E-state index >= 15 is 0 Å². The molecule has 13 heavy (non-hydrogen) atoms. The minimum absolute atomic E-state index is 0.678. The number of hydrogen-bond donors (Lipinski definition) is 3. The lowest BCUT2D eigenvalue weighted by molar-refractivity contribution is 1.09. The number of nitrogens with one attached hydrogen (secondary N) is 2. The van der Waals surface area contributed by atoms with Gasteiger partial charge in [-0.3, -0.25) is 5.10 Å². The molecule has 0 saturated heterocycles. The highest BCUT2D eigenvalue weighted by atomic mass is 15.2. The van der Waals surface area contributed by atoms with Gasteiger partial charge in [-0.1, -0.05) is 0 Å². The van der Waals surface area contributed by atoms with E-state index in [1.54, 1.807) is 24.5 Å². The summed E-state index contributed by atoms with van der Waals surface area (Å²) in [6, 6.07) is 5.30. The van der Waals surface area contributed by atoms with Crippen molar-refractivity contribution in [2.24, 2.45) is 0 Å². The second-order valence-corrected chi connectivity index (χ2v) is 2.57.